The third-order valence-electron chi connectivity index (χ3n) is 5.31. The highest BCUT2D eigenvalue weighted by molar-refractivity contribution is 7.93. The van der Waals surface area contributed by atoms with E-state index in [0.29, 0.717) is 28.2 Å². The van der Waals surface area contributed by atoms with Crippen molar-refractivity contribution in [1.29, 1.82) is 0 Å². The van der Waals surface area contributed by atoms with E-state index in [-0.39, 0.29) is 11.4 Å². The average Bonchev–Trinajstić information content (AvgIpc) is 2.92. The predicted molar refractivity (Wildman–Crippen MR) is 117 cm³/mol. The summed E-state index contributed by atoms with van der Waals surface area (Å²) in [5.41, 5.74) is 3.04. The van der Waals surface area contributed by atoms with Gasteiger partial charge in [0, 0.05) is 16.1 Å². The van der Waals surface area contributed by atoms with Gasteiger partial charge in [-0.3, -0.25) is 9.10 Å². The molecule has 0 aromatic heterocycles. The molecule has 150 valence electrons. The summed E-state index contributed by atoms with van der Waals surface area (Å²) in [6.07, 6.45) is 1.39. The van der Waals surface area contributed by atoms with Crippen LogP contribution < -0.4 is 9.62 Å². The van der Waals surface area contributed by atoms with Gasteiger partial charge in [0.25, 0.3) is 10.0 Å². The lowest BCUT2D eigenvalue weighted by Gasteiger charge is -2.20. The number of hydrogen-bond donors (Lipinski definition) is 1. The minimum absolute atomic E-state index is 0.240. The molecule has 1 heterocycles. The fourth-order valence-corrected chi connectivity index (χ4v) is 5.86. The molecule has 3 aromatic carbocycles. The second-order valence-electron chi connectivity index (χ2n) is 6.96. The standard InChI is InChI=1S/C22H21ClN2O3S/c1-3-14-11-12-17(23)16(4-2)22(14)24-20(26)13-25-18-9-5-7-15-8-6-10-19(21(15)18)29(25,27)28/h5-12H,3-4,13H2,1-2H3,(H,24,26). The van der Waals surface area contributed by atoms with Gasteiger partial charge in [-0.25, -0.2) is 8.42 Å². The molecule has 5 nitrogen and oxygen atoms in total. The van der Waals surface area contributed by atoms with Gasteiger partial charge in [0.1, 0.15) is 6.54 Å². The van der Waals surface area contributed by atoms with E-state index in [4.69, 9.17) is 11.6 Å². The molecule has 0 saturated carbocycles. The fraction of sp³-hybridized carbons (Fsp3) is 0.227. The summed E-state index contributed by atoms with van der Waals surface area (Å²) >= 11 is 6.31. The molecule has 0 aliphatic carbocycles. The summed E-state index contributed by atoms with van der Waals surface area (Å²) in [5, 5.41) is 5.00. The van der Waals surface area contributed by atoms with Gasteiger partial charge < -0.3 is 5.32 Å². The van der Waals surface area contributed by atoms with Crippen molar-refractivity contribution in [3.63, 3.8) is 0 Å². The van der Waals surface area contributed by atoms with Crippen molar-refractivity contribution in [3.8, 4) is 0 Å². The van der Waals surface area contributed by atoms with Crippen molar-refractivity contribution in [1.82, 2.24) is 0 Å². The molecule has 0 spiro atoms. The third kappa shape index (κ3) is 3.16. The highest BCUT2D eigenvalue weighted by Gasteiger charge is 2.36. The maximum Gasteiger partial charge on any atom is 0.265 e. The second-order valence-corrected chi connectivity index (χ2v) is 9.20. The van der Waals surface area contributed by atoms with Crippen molar-refractivity contribution in [2.45, 2.75) is 31.6 Å². The number of nitrogens with one attached hydrogen (secondary N) is 1. The molecule has 1 aliphatic heterocycles. The third-order valence-corrected chi connectivity index (χ3v) is 7.47. The number of sulfonamides is 1. The van der Waals surface area contributed by atoms with Gasteiger partial charge in [-0.05, 0) is 47.6 Å². The zero-order valence-electron chi connectivity index (χ0n) is 16.2. The average molecular weight is 429 g/mol. The van der Waals surface area contributed by atoms with E-state index >= 15 is 0 Å². The molecule has 0 bridgehead atoms. The largest absolute Gasteiger partial charge is 0.324 e. The fourth-order valence-electron chi connectivity index (χ4n) is 3.90. The molecule has 1 N–H and O–H groups in total. The van der Waals surface area contributed by atoms with Crippen molar-refractivity contribution < 1.29 is 13.2 Å². The number of hydrogen-bond acceptors (Lipinski definition) is 3. The van der Waals surface area contributed by atoms with Crippen LogP contribution in [0, 0.1) is 0 Å². The van der Waals surface area contributed by atoms with Gasteiger partial charge in [-0.1, -0.05) is 55.8 Å². The SMILES string of the molecule is CCc1ccc(Cl)c(CC)c1NC(=O)CN1c2cccc3cccc(c23)S1(=O)=O. The molecule has 4 rings (SSSR count). The van der Waals surface area contributed by atoms with Gasteiger partial charge >= 0.3 is 0 Å². The number of rotatable bonds is 5. The van der Waals surface area contributed by atoms with E-state index in [9.17, 15) is 13.2 Å². The Labute approximate surface area is 175 Å². The first kappa shape index (κ1) is 19.7. The Morgan fingerprint density at radius 2 is 1.76 bits per heavy atom. The molecule has 1 aliphatic rings. The minimum atomic E-state index is -3.78. The van der Waals surface area contributed by atoms with E-state index in [2.05, 4.69) is 5.32 Å². The Hall–Kier alpha value is -2.57. The lowest BCUT2D eigenvalue weighted by molar-refractivity contribution is -0.114. The summed E-state index contributed by atoms with van der Waals surface area (Å²) in [7, 11) is -3.78. The highest BCUT2D eigenvalue weighted by atomic mass is 35.5. The summed E-state index contributed by atoms with van der Waals surface area (Å²) in [6, 6.07) is 14.3. The molecule has 0 radical (unpaired) electrons. The number of halogens is 1. The molecular formula is C22H21ClN2O3S. The van der Waals surface area contributed by atoms with Crippen molar-refractivity contribution >= 4 is 49.7 Å². The molecule has 0 atom stereocenters. The van der Waals surface area contributed by atoms with Crippen molar-refractivity contribution in [3.05, 3.63) is 64.7 Å². The highest BCUT2D eigenvalue weighted by Crippen LogP contribution is 2.41. The van der Waals surface area contributed by atoms with Crippen LogP contribution in [0.1, 0.15) is 25.0 Å². The normalized spacial score (nSPS) is 14.4. The van der Waals surface area contributed by atoms with Crippen LogP contribution in [0.15, 0.2) is 53.4 Å². The quantitative estimate of drug-likeness (QED) is 0.636. The number of nitrogens with zero attached hydrogens (tertiary/aromatic N) is 1. The van der Waals surface area contributed by atoms with Crippen LogP contribution in [-0.2, 0) is 27.7 Å². The molecule has 29 heavy (non-hydrogen) atoms. The maximum absolute atomic E-state index is 13.1. The van der Waals surface area contributed by atoms with Gasteiger partial charge in [0.15, 0.2) is 0 Å². The predicted octanol–water partition coefficient (Wildman–Crippen LogP) is 4.77. The number of benzene rings is 3. The first-order valence-electron chi connectivity index (χ1n) is 9.53. The van der Waals surface area contributed by atoms with Gasteiger partial charge in [-0.2, -0.15) is 0 Å². The summed E-state index contributed by atoms with van der Waals surface area (Å²) in [5.74, 6) is -0.398. The van der Waals surface area contributed by atoms with Crippen LogP contribution in [0.25, 0.3) is 10.8 Å². The monoisotopic (exact) mass is 428 g/mol. The molecule has 0 unspecified atom stereocenters. The number of aryl methyl sites for hydroxylation is 1. The second kappa shape index (κ2) is 7.35. The van der Waals surface area contributed by atoms with Crippen LogP contribution in [-0.4, -0.2) is 20.9 Å². The number of carbonyl (C=O) groups excluding carboxylic acids is 1. The minimum Gasteiger partial charge on any atom is -0.324 e. The molecule has 7 heteroatoms. The Balaban J connectivity index is 1.69. The molecule has 1 amide bonds. The lowest BCUT2D eigenvalue weighted by atomic mass is 10.0. The van der Waals surface area contributed by atoms with Crippen LogP contribution >= 0.6 is 11.6 Å². The smallest absolute Gasteiger partial charge is 0.265 e. The Kier molecular flexibility index (Phi) is 5.00. The first-order chi connectivity index (χ1) is 13.9. The van der Waals surface area contributed by atoms with Crippen LogP contribution in [0.2, 0.25) is 5.02 Å². The number of amides is 1. The Morgan fingerprint density at radius 3 is 2.45 bits per heavy atom. The summed E-state index contributed by atoms with van der Waals surface area (Å²) < 4.78 is 27.3. The zero-order valence-corrected chi connectivity index (χ0v) is 17.8. The Morgan fingerprint density at radius 1 is 1.03 bits per heavy atom. The molecule has 0 saturated heterocycles. The van der Waals surface area contributed by atoms with Crippen molar-refractivity contribution in [2.24, 2.45) is 0 Å². The van der Waals surface area contributed by atoms with E-state index in [0.717, 1.165) is 22.9 Å². The molecule has 3 aromatic rings. The maximum atomic E-state index is 13.1. The summed E-state index contributed by atoms with van der Waals surface area (Å²) in [4.78, 5) is 13.2. The number of carbonyl (C=O) groups is 1. The van der Waals surface area contributed by atoms with Crippen LogP contribution in [0.4, 0.5) is 11.4 Å². The topological polar surface area (TPSA) is 66.5 Å². The lowest BCUT2D eigenvalue weighted by Crippen LogP contribution is -2.35. The van der Waals surface area contributed by atoms with Crippen LogP contribution in [0.3, 0.4) is 0 Å². The van der Waals surface area contributed by atoms with E-state index in [1.165, 1.54) is 4.31 Å². The van der Waals surface area contributed by atoms with Gasteiger partial charge in [0.05, 0.1) is 10.6 Å². The van der Waals surface area contributed by atoms with E-state index in [1.54, 1.807) is 24.3 Å². The van der Waals surface area contributed by atoms with Crippen LogP contribution in [0.5, 0.6) is 0 Å². The molecule has 0 fully saturated rings. The van der Waals surface area contributed by atoms with Gasteiger partial charge in [0.2, 0.25) is 5.91 Å². The molecular weight excluding hydrogens is 408 g/mol. The van der Waals surface area contributed by atoms with E-state index < -0.39 is 15.9 Å². The zero-order chi connectivity index (χ0) is 20.8. The number of anilines is 2. The first-order valence-corrected chi connectivity index (χ1v) is 11.3. The summed E-state index contributed by atoms with van der Waals surface area (Å²) in [6.45, 7) is 3.67. The Bertz CT molecular complexity index is 1230. The van der Waals surface area contributed by atoms with E-state index in [1.807, 2.05) is 38.1 Å². The van der Waals surface area contributed by atoms with Gasteiger partial charge in [-0.15, -0.1) is 0 Å². The van der Waals surface area contributed by atoms with Crippen molar-refractivity contribution in [2.75, 3.05) is 16.2 Å².